The van der Waals surface area contributed by atoms with E-state index in [1.807, 2.05) is 0 Å². The topological polar surface area (TPSA) is 66.4 Å². The second-order valence-corrected chi connectivity index (χ2v) is 7.18. The minimum atomic E-state index is -0.919. The third kappa shape index (κ3) is 25.7. The summed E-state index contributed by atoms with van der Waals surface area (Å²) >= 11 is 0. The summed E-state index contributed by atoms with van der Waals surface area (Å²) in [6, 6.07) is 0. The summed E-state index contributed by atoms with van der Waals surface area (Å²) in [4.78, 5) is 21.7. The van der Waals surface area contributed by atoms with Gasteiger partial charge in [-0.3, -0.25) is 9.59 Å². The van der Waals surface area contributed by atoms with Crippen LogP contribution in [0.5, 0.6) is 0 Å². The predicted octanol–water partition coefficient (Wildman–Crippen LogP) is 3.12. The molecule has 1 amide bonds. The molecule has 0 saturated heterocycles. The summed E-state index contributed by atoms with van der Waals surface area (Å²) < 4.78 is 0. The Morgan fingerprint density at radius 2 is 1.26 bits per heavy atom. The summed E-state index contributed by atoms with van der Waals surface area (Å²) in [6.45, 7) is 2.93. The molecule has 0 aromatic rings. The van der Waals surface area contributed by atoms with Crippen molar-refractivity contribution in [1.29, 1.82) is 0 Å². The van der Waals surface area contributed by atoms with Crippen molar-refractivity contribution in [3.8, 4) is 0 Å². The van der Waals surface area contributed by atoms with Crippen molar-refractivity contribution < 1.29 is 45.7 Å². The Morgan fingerprint density at radius 3 is 1.78 bits per heavy atom. The minimum Gasteiger partial charge on any atom is -1.00 e. The second kappa shape index (κ2) is 23.7. The Hall–Kier alpha value is -0.320. The van der Waals surface area contributed by atoms with E-state index in [4.69, 9.17) is 5.11 Å². The standard InChI is InChI=1S/C22H41NO3.Na.H/c1-2-3-4-5-6-7-8-9-10-11-12-13-14-15-16-17-20-23-21(24)18-19-22(25)26;;/h9-10H,2-8,11-20H2,1H3,(H,23,24)(H,25,26);;/q;+1;-1/b10-9-;;. The third-order valence-corrected chi connectivity index (χ3v) is 4.58. The molecule has 0 radical (unpaired) electrons. The van der Waals surface area contributed by atoms with Crippen molar-refractivity contribution in [2.45, 2.75) is 110 Å². The van der Waals surface area contributed by atoms with Crippen LogP contribution >= 0.6 is 0 Å². The first-order chi connectivity index (χ1) is 12.7. The number of carbonyl (C=O) groups is 2. The van der Waals surface area contributed by atoms with Gasteiger partial charge in [0.15, 0.2) is 0 Å². The van der Waals surface area contributed by atoms with Crippen LogP contribution in [0.2, 0.25) is 0 Å². The van der Waals surface area contributed by atoms with Gasteiger partial charge in [0.25, 0.3) is 0 Å². The first-order valence-electron chi connectivity index (χ1n) is 10.8. The summed E-state index contributed by atoms with van der Waals surface area (Å²) in [7, 11) is 0. The van der Waals surface area contributed by atoms with Crippen LogP contribution < -0.4 is 34.9 Å². The Morgan fingerprint density at radius 1 is 0.778 bits per heavy atom. The van der Waals surface area contributed by atoms with E-state index in [1.54, 1.807) is 0 Å². The van der Waals surface area contributed by atoms with Gasteiger partial charge in [-0.25, -0.2) is 0 Å². The van der Waals surface area contributed by atoms with Gasteiger partial charge in [-0.1, -0.05) is 76.9 Å². The summed E-state index contributed by atoms with van der Waals surface area (Å²) in [5, 5.41) is 11.3. The predicted molar refractivity (Wildman–Crippen MR) is 110 cm³/mol. The Labute approximate surface area is 190 Å². The Balaban J connectivity index is -0.00000312. The van der Waals surface area contributed by atoms with E-state index in [0.29, 0.717) is 6.54 Å². The van der Waals surface area contributed by atoms with E-state index >= 15 is 0 Å². The van der Waals surface area contributed by atoms with Crippen molar-refractivity contribution in [1.82, 2.24) is 5.32 Å². The SMILES string of the molecule is CCCCCCCC/C=C\CCCCCCCCNC(=O)CCC(=O)O.[H-].[Na+]. The van der Waals surface area contributed by atoms with Crippen molar-refractivity contribution in [2.75, 3.05) is 6.54 Å². The number of unbranched alkanes of at least 4 members (excludes halogenated alkanes) is 12. The maximum atomic E-state index is 11.3. The normalized spacial score (nSPS) is 10.7. The van der Waals surface area contributed by atoms with Gasteiger partial charge in [-0.05, 0) is 32.1 Å². The van der Waals surface area contributed by atoms with E-state index < -0.39 is 5.97 Å². The first-order valence-corrected chi connectivity index (χ1v) is 10.8. The number of allylic oxidation sites excluding steroid dienone is 2. The van der Waals surface area contributed by atoms with Gasteiger partial charge in [-0.2, -0.15) is 0 Å². The average molecular weight is 392 g/mol. The monoisotopic (exact) mass is 391 g/mol. The number of nitrogens with one attached hydrogen (secondary N) is 1. The van der Waals surface area contributed by atoms with Crippen LogP contribution in [0.4, 0.5) is 0 Å². The van der Waals surface area contributed by atoms with Gasteiger partial charge in [0.1, 0.15) is 0 Å². The summed E-state index contributed by atoms with van der Waals surface area (Å²) in [6.07, 6.45) is 22.5. The van der Waals surface area contributed by atoms with Gasteiger partial charge < -0.3 is 11.8 Å². The maximum Gasteiger partial charge on any atom is 1.00 e. The van der Waals surface area contributed by atoms with E-state index in [2.05, 4.69) is 24.4 Å². The van der Waals surface area contributed by atoms with E-state index in [0.717, 1.165) is 12.8 Å². The molecule has 0 fully saturated rings. The molecular weight excluding hydrogens is 349 g/mol. The number of aliphatic carboxylic acids is 1. The molecule has 0 aliphatic heterocycles. The van der Waals surface area contributed by atoms with Crippen LogP contribution in [0, 0.1) is 0 Å². The molecule has 154 valence electrons. The summed E-state index contributed by atoms with van der Waals surface area (Å²) in [5.74, 6) is -1.07. The smallest absolute Gasteiger partial charge is 1.00 e. The van der Waals surface area contributed by atoms with Gasteiger partial charge in [0.2, 0.25) is 5.91 Å². The number of carbonyl (C=O) groups excluding carboxylic acids is 1. The van der Waals surface area contributed by atoms with Crippen LogP contribution in [0.15, 0.2) is 12.2 Å². The van der Waals surface area contributed by atoms with Crippen LogP contribution in [-0.4, -0.2) is 23.5 Å². The fourth-order valence-corrected chi connectivity index (χ4v) is 2.91. The van der Waals surface area contributed by atoms with Crippen LogP contribution in [0.1, 0.15) is 111 Å². The fourth-order valence-electron chi connectivity index (χ4n) is 2.91. The number of carboxylic acid groups (broad SMARTS) is 1. The number of carboxylic acids is 1. The molecule has 0 atom stereocenters. The fraction of sp³-hybridized carbons (Fsp3) is 0.818. The molecule has 0 aliphatic carbocycles. The van der Waals surface area contributed by atoms with Crippen molar-refractivity contribution in [3.05, 3.63) is 12.2 Å². The van der Waals surface area contributed by atoms with E-state index in [9.17, 15) is 9.59 Å². The molecule has 0 aromatic carbocycles. The quantitative estimate of drug-likeness (QED) is 0.202. The maximum absolute atomic E-state index is 11.3. The molecular formula is C22H42NNaO3. The molecule has 5 heteroatoms. The summed E-state index contributed by atoms with van der Waals surface area (Å²) in [5.41, 5.74) is 0. The minimum absolute atomic E-state index is 0. The molecule has 0 bridgehead atoms. The zero-order chi connectivity index (χ0) is 19.3. The molecule has 0 unspecified atom stereocenters. The Kier molecular flexibility index (Phi) is 25.4. The zero-order valence-corrected chi connectivity index (χ0v) is 19.9. The zero-order valence-electron chi connectivity index (χ0n) is 18.9. The van der Waals surface area contributed by atoms with Gasteiger partial charge >= 0.3 is 35.5 Å². The van der Waals surface area contributed by atoms with Gasteiger partial charge in [0, 0.05) is 13.0 Å². The van der Waals surface area contributed by atoms with E-state index in [1.165, 1.54) is 77.0 Å². The number of rotatable bonds is 19. The van der Waals surface area contributed by atoms with Crippen molar-refractivity contribution in [2.24, 2.45) is 0 Å². The van der Waals surface area contributed by atoms with Crippen LogP contribution in [0.25, 0.3) is 0 Å². The number of hydrogen-bond acceptors (Lipinski definition) is 2. The molecule has 0 spiro atoms. The molecule has 0 rings (SSSR count). The molecule has 27 heavy (non-hydrogen) atoms. The van der Waals surface area contributed by atoms with Gasteiger partial charge in [0.05, 0.1) is 6.42 Å². The number of amides is 1. The van der Waals surface area contributed by atoms with E-state index in [-0.39, 0.29) is 49.7 Å². The first kappa shape index (κ1) is 28.9. The third-order valence-electron chi connectivity index (χ3n) is 4.58. The molecule has 4 nitrogen and oxygen atoms in total. The Bertz CT molecular complexity index is 379. The molecule has 0 aromatic heterocycles. The van der Waals surface area contributed by atoms with Crippen LogP contribution in [0.3, 0.4) is 0 Å². The molecule has 2 N–H and O–H groups in total. The molecule has 0 saturated carbocycles. The van der Waals surface area contributed by atoms with Crippen molar-refractivity contribution >= 4 is 11.9 Å². The van der Waals surface area contributed by atoms with Crippen LogP contribution in [-0.2, 0) is 9.59 Å². The largest absolute Gasteiger partial charge is 1.00 e. The average Bonchev–Trinajstić information content (AvgIpc) is 2.62. The second-order valence-electron chi connectivity index (χ2n) is 7.18. The number of hydrogen-bond donors (Lipinski definition) is 2. The molecule has 0 aliphatic rings. The van der Waals surface area contributed by atoms with Crippen molar-refractivity contribution in [3.63, 3.8) is 0 Å². The van der Waals surface area contributed by atoms with Gasteiger partial charge in [-0.15, -0.1) is 0 Å². The molecule has 0 heterocycles.